The molecule has 3 aromatic rings. The Hall–Kier alpha value is -3.59. The molecule has 0 radical (unpaired) electrons. The van der Waals surface area contributed by atoms with Crippen molar-refractivity contribution in [1.82, 2.24) is 24.4 Å². The highest BCUT2D eigenvalue weighted by Gasteiger charge is 2.27. The number of pyridine rings is 2. The molecule has 32 heavy (non-hydrogen) atoms. The van der Waals surface area contributed by atoms with E-state index >= 15 is 0 Å². The zero-order chi connectivity index (χ0) is 22.8. The molecule has 1 N–H and O–H groups in total. The maximum absolute atomic E-state index is 13.0. The molecule has 9 heteroatoms. The van der Waals surface area contributed by atoms with Gasteiger partial charge in [-0.1, -0.05) is 0 Å². The summed E-state index contributed by atoms with van der Waals surface area (Å²) in [6.07, 6.45) is 1.20. The largest absolute Gasteiger partial charge is 0.368 e. The second kappa shape index (κ2) is 8.88. The fourth-order valence-electron chi connectivity index (χ4n) is 3.76. The molecular formula is C23H26N6O3. The van der Waals surface area contributed by atoms with Crippen molar-refractivity contribution >= 4 is 17.5 Å². The van der Waals surface area contributed by atoms with E-state index in [1.807, 2.05) is 39.0 Å². The highest BCUT2D eigenvalue weighted by atomic mass is 16.5. The Morgan fingerprint density at radius 3 is 2.50 bits per heavy atom. The van der Waals surface area contributed by atoms with Crippen LogP contribution in [0.5, 0.6) is 0 Å². The lowest BCUT2D eigenvalue weighted by Crippen LogP contribution is -2.42. The fraction of sp³-hybridized carbons (Fsp3) is 0.348. The van der Waals surface area contributed by atoms with Crippen LogP contribution in [0.25, 0.3) is 0 Å². The molecule has 0 aromatic carbocycles. The number of hydrogen-bond donors (Lipinski definition) is 1. The number of hydrogen-bond acceptors (Lipinski definition) is 7. The van der Waals surface area contributed by atoms with Gasteiger partial charge >= 0.3 is 0 Å². The number of nitrogens with one attached hydrogen (secondary N) is 1. The predicted octanol–water partition coefficient (Wildman–Crippen LogP) is 2.45. The zero-order valence-corrected chi connectivity index (χ0v) is 18.6. The van der Waals surface area contributed by atoms with Crippen LogP contribution in [-0.2, 0) is 11.8 Å². The maximum Gasteiger partial charge on any atom is 0.255 e. The highest BCUT2D eigenvalue weighted by molar-refractivity contribution is 5.94. The molecule has 1 aliphatic heterocycles. The molecule has 4 heterocycles. The molecule has 0 spiro atoms. The number of morpholine rings is 1. The Morgan fingerprint density at radius 1 is 1.06 bits per heavy atom. The number of ether oxygens (including phenoxy) is 1. The van der Waals surface area contributed by atoms with Gasteiger partial charge in [-0.15, -0.1) is 0 Å². The van der Waals surface area contributed by atoms with Crippen LogP contribution in [0, 0.1) is 20.8 Å². The standard InChI is InChI=1S/C23H26N6O3/c1-14-9-15(2)26-23(25-14)27-18-10-16(3)24-19(11-18)20-13-29(7-8-32-20)22(31)17-5-6-21(30)28(4)12-17/h5-6,9-12,20H,7-8,13H2,1-4H3,(H,24,25,26,27). The first kappa shape index (κ1) is 21.6. The number of amides is 1. The molecule has 1 fully saturated rings. The Morgan fingerprint density at radius 2 is 1.78 bits per heavy atom. The van der Waals surface area contributed by atoms with Gasteiger partial charge in [0.15, 0.2) is 0 Å². The molecule has 1 aliphatic rings. The average molecular weight is 435 g/mol. The van der Waals surface area contributed by atoms with E-state index in [1.165, 1.54) is 10.6 Å². The number of carbonyl (C=O) groups is 1. The van der Waals surface area contributed by atoms with Gasteiger partial charge in [0, 0.05) is 48.6 Å². The third-order valence-electron chi connectivity index (χ3n) is 5.23. The van der Waals surface area contributed by atoms with E-state index in [0.29, 0.717) is 31.2 Å². The lowest BCUT2D eigenvalue weighted by Gasteiger charge is -2.33. The first-order valence-electron chi connectivity index (χ1n) is 10.4. The highest BCUT2D eigenvalue weighted by Crippen LogP contribution is 2.26. The minimum Gasteiger partial charge on any atom is -0.368 e. The summed E-state index contributed by atoms with van der Waals surface area (Å²) in [5.41, 5.74) is 4.44. The smallest absolute Gasteiger partial charge is 0.255 e. The van der Waals surface area contributed by atoms with Crippen molar-refractivity contribution in [2.24, 2.45) is 7.05 Å². The third kappa shape index (κ3) is 4.83. The molecule has 1 amide bonds. The minimum absolute atomic E-state index is 0.136. The van der Waals surface area contributed by atoms with Crippen molar-refractivity contribution in [3.8, 4) is 0 Å². The van der Waals surface area contributed by atoms with Crippen LogP contribution in [0.2, 0.25) is 0 Å². The molecule has 0 saturated carbocycles. The fourth-order valence-corrected chi connectivity index (χ4v) is 3.76. The van der Waals surface area contributed by atoms with Gasteiger partial charge in [0.05, 0.1) is 24.4 Å². The van der Waals surface area contributed by atoms with Crippen LogP contribution in [0.1, 0.15) is 39.2 Å². The Bertz CT molecular complexity index is 1200. The SMILES string of the molecule is Cc1cc(Nc2nc(C)cc(C)n2)cc(C2CN(C(=O)c3ccc(=O)n(C)c3)CCO2)n1. The first-order valence-corrected chi connectivity index (χ1v) is 10.4. The van der Waals surface area contributed by atoms with Crippen molar-refractivity contribution in [1.29, 1.82) is 0 Å². The topological polar surface area (TPSA) is 102 Å². The van der Waals surface area contributed by atoms with Gasteiger partial charge in [0.1, 0.15) is 6.10 Å². The number of anilines is 2. The molecule has 9 nitrogen and oxygen atoms in total. The van der Waals surface area contributed by atoms with Crippen LogP contribution >= 0.6 is 0 Å². The number of aromatic nitrogens is 4. The molecule has 1 atom stereocenters. The van der Waals surface area contributed by atoms with Gasteiger partial charge in [-0.05, 0) is 45.0 Å². The van der Waals surface area contributed by atoms with Crippen LogP contribution in [0.4, 0.5) is 11.6 Å². The molecule has 166 valence electrons. The summed E-state index contributed by atoms with van der Waals surface area (Å²) in [5.74, 6) is 0.388. The molecule has 3 aromatic heterocycles. The van der Waals surface area contributed by atoms with Crippen LogP contribution in [-0.4, -0.2) is 50.0 Å². The molecular weight excluding hydrogens is 408 g/mol. The zero-order valence-electron chi connectivity index (χ0n) is 18.6. The van der Waals surface area contributed by atoms with E-state index in [9.17, 15) is 9.59 Å². The number of carbonyl (C=O) groups excluding carboxylic acids is 1. The average Bonchev–Trinajstić information content (AvgIpc) is 2.74. The van der Waals surface area contributed by atoms with Crippen LogP contribution in [0.3, 0.4) is 0 Å². The Kier molecular flexibility index (Phi) is 6.00. The minimum atomic E-state index is -0.360. The van der Waals surface area contributed by atoms with Crippen molar-refractivity contribution in [2.45, 2.75) is 26.9 Å². The van der Waals surface area contributed by atoms with Crippen molar-refractivity contribution in [3.63, 3.8) is 0 Å². The number of aryl methyl sites for hydroxylation is 4. The van der Waals surface area contributed by atoms with Crippen molar-refractivity contribution in [2.75, 3.05) is 25.0 Å². The van der Waals surface area contributed by atoms with E-state index in [-0.39, 0.29) is 17.6 Å². The second-order valence-corrected chi connectivity index (χ2v) is 8.00. The maximum atomic E-state index is 13.0. The molecule has 0 aliphatic carbocycles. The first-order chi connectivity index (χ1) is 15.3. The monoisotopic (exact) mass is 434 g/mol. The third-order valence-corrected chi connectivity index (χ3v) is 5.23. The summed E-state index contributed by atoms with van der Waals surface area (Å²) in [6.45, 7) is 7.02. The van der Waals surface area contributed by atoms with E-state index in [1.54, 1.807) is 24.2 Å². The lowest BCUT2D eigenvalue weighted by molar-refractivity contribution is -0.0247. The van der Waals surface area contributed by atoms with Gasteiger partial charge < -0.3 is 19.5 Å². The molecule has 1 saturated heterocycles. The quantitative estimate of drug-likeness (QED) is 0.673. The van der Waals surface area contributed by atoms with Gasteiger partial charge in [-0.25, -0.2) is 9.97 Å². The van der Waals surface area contributed by atoms with Crippen molar-refractivity contribution < 1.29 is 9.53 Å². The van der Waals surface area contributed by atoms with E-state index < -0.39 is 0 Å². The van der Waals surface area contributed by atoms with Gasteiger partial charge in [-0.3, -0.25) is 14.6 Å². The number of rotatable bonds is 4. The summed E-state index contributed by atoms with van der Waals surface area (Å²) in [4.78, 5) is 39.9. The molecule has 4 rings (SSSR count). The predicted molar refractivity (Wildman–Crippen MR) is 120 cm³/mol. The Balaban J connectivity index is 1.54. The van der Waals surface area contributed by atoms with Gasteiger partial charge in [0.2, 0.25) is 11.5 Å². The van der Waals surface area contributed by atoms with Crippen LogP contribution < -0.4 is 10.9 Å². The second-order valence-electron chi connectivity index (χ2n) is 8.00. The lowest BCUT2D eigenvalue weighted by atomic mass is 10.1. The summed E-state index contributed by atoms with van der Waals surface area (Å²) in [6, 6.07) is 8.70. The summed E-state index contributed by atoms with van der Waals surface area (Å²) in [7, 11) is 1.63. The normalized spacial score (nSPS) is 16.1. The van der Waals surface area contributed by atoms with Crippen molar-refractivity contribution in [3.05, 3.63) is 75.2 Å². The van der Waals surface area contributed by atoms with E-state index in [2.05, 4.69) is 20.3 Å². The van der Waals surface area contributed by atoms with E-state index in [4.69, 9.17) is 4.74 Å². The molecule has 0 bridgehead atoms. The summed E-state index contributed by atoms with van der Waals surface area (Å²) < 4.78 is 7.35. The van der Waals surface area contributed by atoms with Gasteiger partial charge in [-0.2, -0.15) is 0 Å². The van der Waals surface area contributed by atoms with Crippen LogP contribution in [0.15, 0.2) is 41.3 Å². The summed E-state index contributed by atoms with van der Waals surface area (Å²) >= 11 is 0. The van der Waals surface area contributed by atoms with E-state index in [0.717, 1.165) is 28.5 Å². The number of nitrogens with zero attached hydrogens (tertiary/aromatic N) is 5. The van der Waals surface area contributed by atoms with Gasteiger partial charge in [0.25, 0.3) is 5.91 Å². The Labute approximate surface area is 186 Å². The summed E-state index contributed by atoms with van der Waals surface area (Å²) in [5, 5.41) is 3.25. The molecule has 1 unspecified atom stereocenters.